The normalized spacial score (nSPS) is 6.50. The first kappa shape index (κ1) is 7.10. The van der Waals surface area contributed by atoms with Crippen LogP contribution >= 0.6 is 0 Å². The van der Waals surface area contributed by atoms with E-state index in [2.05, 4.69) is 4.98 Å². The SMILES string of the molecule is O=S=O.c1cc[nH]c1. The van der Waals surface area contributed by atoms with Gasteiger partial charge in [0.05, 0.1) is 0 Å². The first-order chi connectivity index (χ1) is 3.91. The minimum atomic E-state index is -0.750. The summed E-state index contributed by atoms with van der Waals surface area (Å²) in [6.45, 7) is 0. The van der Waals surface area contributed by atoms with Crippen LogP contribution in [-0.4, -0.2) is 13.4 Å². The summed E-state index contributed by atoms with van der Waals surface area (Å²) >= 11 is -0.750. The van der Waals surface area contributed by atoms with Crippen LogP contribution in [0.3, 0.4) is 0 Å². The molecule has 1 aromatic heterocycles. The summed E-state index contributed by atoms with van der Waals surface area (Å²) in [6.07, 6.45) is 3.75. The molecule has 0 bridgehead atoms. The maximum Gasteiger partial charge on any atom is 0.335 e. The van der Waals surface area contributed by atoms with Crippen molar-refractivity contribution in [2.45, 2.75) is 0 Å². The summed E-state index contributed by atoms with van der Waals surface area (Å²) in [6, 6.07) is 3.89. The van der Waals surface area contributed by atoms with Gasteiger partial charge in [-0.2, -0.15) is 8.42 Å². The molecule has 44 valence electrons. The van der Waals surface area contributed by atoms with Crippen molar-refractivity contribution in [3.63, 3.8) is 0 Å². The Bertz CT molecular complexity index is 126. The second kappa shape index (κ2) is 6.10. The summed E-state index contributed by atoms with van der Waals surface area (Å²) in [5, 5.41) is 0. The highest BCUT2D eigenvalue weighted by Crippen LogP contribution is 1.72. The zero-order valence-corrected chi connectivity index (χ0v) is 4.85. The molecule has 1 heterocycles. The fourth-order valence-corrected chi connectivity index (χ4v) is 0.278. The van der Waals surface area contributed by atoms with E-state index in [1.54, 1.807) is 0 Å². The van der Waals surface area contributed by atoms with E-state index in [-0.39, 0.29) is 0 Å². The van der Waals surface area contributed by atoms with Crippen LogP contribution in [0.4, 0.5) is 0 Å². The lowest BCUT2D eigenvalue weighted by molar-refractivity contribution is 0.630. The minimum Gasteiger partial charge on any atom is -0.368 e. The first-order valence-corrected chi connectivity index (χ1v) is 2.58. The van der Waals surface area contributed by atoms with Crippen LogP contribution in [0.2, 0.25) is 0 Å². The summed E-state index contributed by atoms with van der Waals surface area (Å²) in [7, 11) is 0. The molecular formula is C4H5NO2S. The Balaban J connectivity index is 0.000000145. The van der Waals surface area contributed by atoms with E-state index in [9.17, 15) is 0 Å². The highest BCUT2D eigenvalue weighted by atomic mass is 32.1. The van der Waals surface area contributed by atoms with E-state index in [4.69, 9.17) is 8.42 Å². The third-order valence-electron chi connectivity index (χ3n) is 0.496. The van der Waals surface area contributed by atoms with Crippen molar-refractivity contribution >= 4 is 11.6 Å². The lowest BCUT2D eigenvalue weighted by Gasteiger charge is -1.49. The summed E-state index contributed by atoms with van der Waals surface area (Å²) < 4.78 is 16.6. The van der Waals surface area contributed by atoms with Gasteiger partial charge in [-0.15, -0.1) is 0 Å². The molecule has 0 aliphatic heterocycles. The lowest BCUT2D eigenvalue weighted by Crippen LogP contribution is -1.38. The van der Waals surface area contributed by atoms with Crippen LogP contribution in [0.25, 0.3) is 0 Å². The standard InChI is InChI=1S/C4H5N.O2S/c1-2-4-5-3-1;1-3-2/h1-5H;. The number of nitrogens with one attached hydrogen (secondary N) is 1. The van der Waals surface area contributed by atoms with Crippen molar-refractivity contribution in [3.8, 4) is 0 Å². The molecule has 0 spiro atoms. The van der Waals surface area contributed by atoms with Crippen molar-refractivity contribution in [1.82, 2.24) is 4.98 Å². The van der Waals surface area contributed by atoms with Gasteiger partial charge >= 0.3 is 11.6 Å². The van der Waals surface area contributed by atoms with E-state index < -0.39 is 11.6 Å². The molecule has 8 heavy (non-hydrogen) atoms. The van der Waals surface area contributed by atoms with Gasteiger partial charge in [-0.25, -0.2) is 0 Å². The second-order valence-corrected chi connectivity index (χ2v) is 1.09. The molecule has 1 aromatic rings. The van der Waals surface area contributed by atoms with E-state index >= 15 is 0 Å². The molecule has 0 unspecified atom stereocenters. The molecule has 0 atom stereocenters. The molecule has 0 fully saturated rings. The minimum absolute atomic E-state index is 0.750. The van der Waals surface area contributed by atoms with E-state index in [1.165, 1.54) is 0 Å². The number of hydrogen-bond donors (Lipinski definition) is 1. The summed E-state index contributed by atoms with van der Waals surface area (Å²) in [5.74, 6) is 0. The largest absolute Gasteiger partial charge is 0.368 e. The molecule has 1 N–H and O–H groups in total. The van der Waals surface area contributed by atoms with E-state index in [0.717, 1.165) is 0 Å². The number of aromatic nitrogens is 1. The molecule has 0 aliphatic carbocycles. The van der Waals surface area contributed by atoms with Crippen molar-refractivity contribution in [2.24, 2.45) is 0 Å². The number of aromatic amines is 1. The molecule has 4 heteroatoms. The monoisotopic (exact) mass is 131 g/mol. The van der Waals surface area contributed by atoms with Gasteiger partial charge in [0.1, 0.15) is 0 Å². The average Bonchev–Trinajstić information content (AvgIpc) is 2.17. The molecule has 1 rings (SSSR count). The van der Waals surface area contributed by atoms with Crippen molar-refractivity contribution in [3.05, 3.63) is 24.5 Å². The van der Waals surface area contributed by atoms with Crippen molar-refractivity contribution in [1.29, 1.82) is 0 Å². The molecule has 0 aromatic carbocycles. The van der Waals surface area contributed by atoms with Crippen molar-refractivity contribution in [2.75, 3.05) is 0 Å². The van der Waals surface area contributed by atoms with Gasteiger partial charge in [-0.05, 0) is 12.1 Å². The van der Waals surface area contributed by atoms with Gasteiger partial charge in [-0.1, -0.05) is 0 Å². The Morgan fingerprint density at radius 2 is 1.50 bits per heavy atom. The van der Waals surface area contributed by atoms with Gasteiger partial charge in [0.2, 0.25) is 0 Å². The predicted molar refractivity (Wildman–Crippen MR) is 29.7 cm³/mol. The van der Waals surface area contributed by atoms with Crippen LogP contribution in [0.1, 0.15) is 0 Å². The molecule has 0 aliphatic rings. The van der Waals surface area contributed by atoms with Crippen molar-refractivity contribution < 1.29 is 8.42 Å². The summed E-state index contributed by atoms with van der Waals surface area (Å²) in [4.78, 5) is 2.86. The van der Waals surface area contributed by atoms with Gasteiger partial charge in [0.25, 0.3) is 0 Å². The molecule has 0 radical (unpaired) electrons. The molecule has 3 nitrogen and oxygen atoms in total. The van der Waals surface area contributed by atoms with Crippen LogP contribution < -0.4 is 0 Å². The third-order valence-corrected chi connectivity index (χ3v) is 0.496. The highest BCUT2D eigenvalue weighted by Gasteiger charge is 1.55. The predicted octanol–water partition coefficient (Wildman–Crippen LogP) is 0.345. The number of H-pyrrole nitrogens is 1. The summed E-state index contributed by atoms with van der Waals surface area (Å²) in [5.41, 5.74) is 0. The Hall–Kier alpha value is -0.900. The zero-order chi connectivity index (χ0) is 6.24. The Labute approximate surface area is 50.3 Å². The Morgan fingerprint density at radius 1 is 1.12 bits per heavy atom. The second-order valence-electron chi connectivity index (χ2n) is 0.953. The molecule has 0 saturated carbocycles. The quantitative estimate of drug-likeness (QED) is 0.552. The Kier molecular flexibility index (Phi) is 5.41. The van der Waals surface area contributed by atoms with E-state index in [0.29, 0.717) is 0 Å². The van der Waals surface area contributed by atoms with Gasteiger partial charge in [0.15, 0.2) is 0 Å². The third kappa shape index (κ3) is 5.10. The smallest absolute Gasteiger partial charge is 0.335 e. The topological polar surface area (TPSA) is 49.9 Å². The van der Waals surface area contributed by atoms with Crippen LogP contribution in [0, 0.1) is 0 Å². The van der Waals surface area contributed by atoms with Crippen LogP contribution in [-0.2, 0) is 11.6 Å². The Morgan fingerprint density at radius 3 is 1.62 bits per heavy atom. The first-order valence-electron chi connectivity index (χ1n) is 1.91. The van der Waals surface area contributed by atoms with Crippen LogP contribution in [0.15, 0.2) is 24.5 Å². The van der Waals surface area contributed by atoms with Gasteiger partial charge < -0.3 is 4.98 Å². The lowest BCUT2D eigenvalue weighted by atomic mass is 10.7. The number of hydrogen-bond acceptors (Lipinski definition) is 2. The fourth-order valence-electron chi connectivity index (χ4n) is 0.278. The molecule has 0 saturated heterocycles. The molecule has 0 amide bonds. The maximum atomic E-state index is 8.29. The van der Waals surface area contributed by atoms with E-state index in [1.807, 2.05) is 24.5 Å². The zero-order valence-electron chi connectivity index (χ0n) is 4.03. The highest BCUT2D eigenvalue weighted by molar-refractivity contribution is 7.51. The molecular weight excluding hydrogens is 126 g/mol. The van der Waals surface area contributed by atoms with Gasteiger partial charge in [0, 0.05) is 12.4 Å². The fraction of sp³-hybridized carbons (Fsp3) is 0. The van der Waals surface area contributed by atoms with Gasteiger partial charge in [-0.3, -0.25) is 0 Å². The van der Waals surface area contributed by atoms with Crippen LogP contribution in [0.5, 0.6) is 0 Å². The number of rotatable bonds is 0. The maximum absolute atomic E-state index is 8.29. The average molecular weight is 131 g/mol.